The minimum absolute atomic E-state index is 0.0203. The number of benzene rings is 1. The topological polar surface area (TPSA) is 35.5 Å². The zero-order valence-corrected chi connectivity index (χ0v) is 10.2. The van der Waals surface area contributed by atoms with Crippen molar-refractivity contribution in [3.05, 3.63) is 29.6 Å². The van der Waals surface area contributed by atoms with E-state index >= 15 is 0 Å². The Bertz CT molecular complexity index is 486. The first-order valence-corrected chi connectivity index (χ1v) is 6.23. The van der Waals surface area contributed by atoms with Crippen LogP contribution < -0.4 is 4.74 Å². The summed E-state index contributed by atoms with van der Waals surface area (Å²) in [6.07, 6.45) is 2.83. The summed E-state index contributed by atoms with van der Waals surface area (Å²) in [6, 6.07) is 4.68. The molecule has 3 unspecified atom stereocenters. The maximum Gasteiger partial charge on any atom is 0.175 e. The fraction of sp³-hybridized carbons (Fsp3) is 0.500. The van der Waals surface area contributed by atoms with Gasteiger partial charge in [0.1, 0.15) is 0 Å². The average Bonchev–Trinajstić information content (AvgIpc) is 3.00. The lowest BCUT2D eigenvalue weighted by atomic mass is 9.83. The molecular formula is C14H15FO3. The van der Waals surface area contributed by atoms with Crippen molar-refractivity contribution in [1.82, 2.24) is 0 Å². The molecule has 18 heavy (non-hydrogen) atoms. The van der Waals surface area contributed by atoms with E-state index in [1.165, 1.54) is 19.2 Å². The highest BCUT2D eigenvalue weighted by molar-refractivity contribution is 5.99. The average molecular weight is 250 g/mol. The van der Waals surface area contributed by atoms with Gasteiger partial charge < -0.3 is 9.47 Å². The monoisotopic (exact) mass is 250 g/mol. The van der Waals surface area contributed by atoms with Crippen LogP contribution in [0.2, 0.25) is 0 Å². The van der Waals surface area contributed by atoms with Crippen molar-refractivity contribution in [2.75, 3.05) is 7.11 Å². The number of rotatable bonds is 3. The van der Waals surface area contributed by atoms with Gasteiger partial charge in [0.05, 0.1) is 30.8 Å². The number of methoxy groups -OCH3 is 1. The third-order valence-electron chi connectivity index (χ3n) is 3.89. The van der Waals surface area contributed by atoms with Gasteiger partial charge in [-0.1, -0.05) is 6.07 Å². The van der Waals surface area contributed by atoms with Crippen molar-refractivity contribution in [1.29, 1.82) is 0 Å². The molecular weight excluding hydrogens is 235 g/mol. The molecule has 0 aliphatic carbocycles. The summed E-state index contributed by atoms with van der Waals surface area (Å²) in [5, 5.41) is 0. The van der Waals surface area contributed by atoms with E-state index in [2.05, 4.69) is 0 Å². The Labute approximate surface area is 105 Å². The molecule has 2 fully saturated rings. The number of hydrogen-bond donors (Lipinski definition) is 0. The van der Waals surface area contributed by atoms with Gasteiger partial charge in [0.15, 0.2) is 17.3 Å². The maximum atomic E-state index is 14.0. The summed E-state index contributed by atoms with van der Waals surface area (Å²) < 4.78 is 24.6. The van der Waals surface area contributed by atoms with Gasteiger partial charge in [-0.05, 0) is 31.4 Å². The van der Waals surface area contributed by atoms with E-state index < -0.39 is 5.82 Å². The third-order valence-corrected chi connectivity index (χ3v) is 3.89. The molecule has 2 saturated heterocycles. The lowest BCUT2D eigenvalue weighted by Gasteiger charge is -2.17. The maximum absolute atomic E-state index is 14.0. The number of ketones is 1. The summed E-state index contributed by atoms with van der Waals surface area (Å²) in [7, 11) is 1.40. The van der Waals surface area contributed by atoms with Gasteiger partial charge >= 0.3 is 0 Å². The van der Waals surface area contributed by atoms with Gasteiger partial charge in [0, 0.05) is 0 Å². The Balaban J connectivity index is 1.89. The number of ether oxygens (including phenoxy) is 2. The van der Waals surface area contributed by atoms with Crippen molar-refractivity contribution in [3.8, 4) is 5.75 Å². The number of carbonyl (C=O) groups is 1. The van der Waals surface area contributed by atoms with Crippen LogP contribution in [0.15, 0.2) is 18.2 Å². The second kappa shape index (κ2) is 4.35. The Morgan fingerprint density at radius 2 is 2.28 bits per heavy atom. The SMILES string of the molecule is COc1cccc(C(=O)C2CC3CCC2O3)c1F. The van der Waals surface area contributed by atoms with Crippen molar-refractivity contribution in [2.45, 2.75) is 31.5 Å². The minimum atomic E-state index is -0.562. The van der Waals surface area contributed by atoms with E-state index in [0.717, 1.165) is 19.3 Å². The highest BCUT2D eigenvalue weighted by Crippen LogP contribution is 2.40. The standard InChI is InChI=1S/C14H15FO3/c1-17-12-4-2-3-9(13(12)15)14(16)10-7-8-5-6-11(10)18-8/h2-4,8,10-11H,5-7H2,1H3. The summed E-state index contributed by atoms with van der Waals surface area (Å²) in [5.74, 6) is -0.790. The van der Waals surface area contributed by atoms with Gasteiger partial charge in [-0.2, -0.15) is 0 Å². The molecule has 3 nitrogen and oxygen atoms in total. The van der Waals surface area contributed by atoms with Crippen LogP contribution in [0.25, 0.3) is 0 Å². The van der Waals surface area contributed by atoms with Crippen LogP contribution in [-0.4, -0.2) is 25.1 Å². The molecule has 2 bridgehead atoms. The zero-order valence-electron chi connectivity index (χ0n) is 10.2. The number of Topliss-reactive ketones (excluding diaryl/α,β-unsaturated/α-hetero) is 1. The smallest absolute Gasteiger partial charge is 0.175 e. The number of carbonyl (C=O) groups excluding carboxylic acids is 1. The second-order valence-electron chi connectivity index (χ2n) is 4.90. The fourth-order valence-corrected chi connectivity index (χ4v) is 2.97. The molecule has 1 aromatic carbocycles. The molecule has 2 aliphatic rings. The first kappa shape index (κ1) is 11.7. The summed E-state index contributed by atoms with van der Waals surface area (Å²) in [6.45, 7) is 0. The van der Waals surface area contributed by atoms with Crippen molar-refractivity contribution in [2.24, 2.45) is 5.92 Å². The predicted molar refractivity (Wildman–Crippen MR) is 63.3 cm³/mol. The van der Waals surface area contributed by atoms with Crippen LogP contribution in [0.5, 0.6) is 5.75 Å². The first-order valence-electron chi connectivity index (χ1n) is 6.23. The summed E-state index contributed by atoms with van der Waals surface area (Å²) >= 11 is 0. The highest BCUT2D eigenvalue weighted by Gasteiger charge is 2.45. The Morgan fingerprint density at radius 3 is 2.89 bits per heavy atom. The molecule has 1 aromatic rings. The van der Waals surface area contributed by atoms with Gasteiger partial charge in [0.25, 0.3) is 0 Å². The molecule has 0 aromatic heterocycles. The van der Waals surface area contributed by atoms with Crippen LogP contribution in [0.4, 0.5) is 4.39 Å². The van der Waals surface area contributed by atoms with Gasteiger partial charge in [-0.15, -0.1) is 0 Å². The zero-order chi connectivity index (χ0) is 12.7. The van der Waals surface area contributed by atoms with E-state index in [9.17, 15) is 9.18 Å². The molecule has 4 heteroatoms. The Hall–Kier alpha value is -1.42. The second-order valence-corrected chi connectivity index (χ2v) is 4.90. The Kier molecular flexibility index (Phi) is 2.82. The lowest BCUT2D eigenvalue weighted by Crippen LogP contribution is -2.26. The molecule has 96 valence electrons. The number of hydrogen-bond acceptors (Lipinski definition) is 3. The molecule has 0 spiro atoms. The third kappa shape index (κ3) is 1.72. The van der Waals surface area contributed by atoms with E-state index in [0.29, 0.717) is 0 Å². The Morgan fingerprint density at radius 1 is 1.44 bits per heavy atom. The quantitative estimate of drug-likeness (QED) is 0.773. The first-order chi connectivity index (χ1) is 8.70. The minimum Gasteiger partial charge on any atom is -0.494 e. The number of halogens is 1. The van der Waals surface area contributed by atoms with Gasteiger partial charge in [0.2, 0.25) is 0 Å². The largest absolute Gasteiger partial charge is 0.494 e. The molecule has 0 radical (unpaired) electrons. The molecule has 2 heterocycles. The van der Waals surface area contributed by atoms with E-state index in [4.69, 9.17) is 9.47 Å². The van der Waals surface area contributed by atoms with E-state index in [1.807, 2.05) is 0 Å². The van der Waals surface area contributed by atoms with Crippen LogP contribution >= 0.6 is 0 Å². The molecule has 3 rings (SSSR count). The molecule has 3 atom stereocenters. The van der Waals surface area contributed by atoms with Crippen LogP contribution in [0.3, 0.4) is 0 Å². The van der Waals surface area contributed by atoms with E-state index in [1.54, 1.807) is 6.07 Å². The lowest BCUT2D eigenvalue weighted by molar-refractivity contribution is 0.0740. The highest BCUT2D eigenvalue weighted by atomic mass is 19.1. The van der Waals surface area contributed by atoms with Crippen molar-refractivity contribution >= 4 is 5.78 Å². The van der Waals surface area contributed by atoms with Gasteiger partial charge in [-0.25, -0.2) is 4.39 Å². The summed E-state index contributed by atoms with van der Waals surface area (Å²) in [5.41, 5.74) is 0.121. The van der Waals surface area contributed by atoms with Crippen LogP contribution in [0.1, 0.15) is 29.6 Å². The van der Waals surface area contributed by atoms with Gasteiger partial charge in [-0.3, -0.25) is 4.79 Å². The molecule has 0 N–H and O–H groups in total. The van der Waals surface area contributed by atoms with Crippen molar-refractivity contribution in [3.63, 3.8) is 0 Å². The number of fused-ring (bicyclic) bond motifs is 2. The van der Waals surface area contributed by atoms with Crippen LogP contribution in [0, 0.1) is 11.7 Å². The molecule has 0 amide bonds. The normalized spacial score (nSPS) is 29.6. The molecule has 0 saturated carbocycles. The fourth-order valence-electron chi connectivity index (χ4n) is 2.97. The predicted octanol–water partition coefficient (Wildman–Crippen LogP) is 2.58. The summed E-state index contributed by atoms with van der Waals surface area (Å²) in [4.78, 5) is 12.4. The van der Waals surface area contributed by atoms with E-state index in [-0.39, 0.29) is 35.2 Å². The van der Waals surface area contributed by atoms with Crippen LogP contribution in [-0.2, 0) is 4.74 Å². The van der Waals surface area contributed by atoms with Crippen molar-refractivity contribution < 1.29 is 18.7 Å². The molecule has 2 aliphatic heterocycles.